The van der Waals surface area contributed by atoms with Gasteiger partial charge in [-0.05, 0) is 35.9 Å². The van der Waals surface area contributed by atoms with Crippen molar-refractivity contribution in [2.45, 2.75) is 12.5 Å². The molecule has 2 amide bonds. The molecule has 0 heterocycles. The van der Waals surface area contributed by atoms with E-state index in [9.17, 15) is 14.0 Å². The minimum absolute atomic E-state index is 0.107. The van der Waals surface area contributed by atoms with Crippen molar-refractivity contribution in [2.75, 3.05) is 0 Å². The standard InChI is InChI=1S/C17H14FN3O2/c18-14-3-1-2-13(9-14)17(23)21-15(16(20)22)8-11-4-6-12(10-19)7-5-11/h1-7,9,15H,8H2,(H2,20,22)(H,21,23)/t15-/m0/s1. The van der Waals surface area contributed by atoms with E-state index < -0.39 is 23.7 Å². The van der Waals surface area contributed by atoms with Crippen LogP contribution in [-0.2, 0) is 11.2 Å². The average Bonchev–Trinajstić information content (AvgIpc) is 2.54. The van der Waals surface area contributed by atoms with Crippen molar-refractivity contribution in [3.8, 4) is 6.07 Å². The molecule has 0 fully saturated rings. The number of amides is 2. The highest BCUT2D eigenvalue weighted by Crippen LogP contribution is 2.08. The summed E-state index contributed by atoms with van der Waals surface area (Å²) in [4.78, 5) is 23.6. The number of carbonyl (C=O) groups excluding carboxylic acids is 2. The highest BCUT2D eigenvalue weighted by atomic mass is 19.1. The molecule has 1 atom stereocenters. The van der Waals surface area contributed by atoms with Crippen LogP contribution in [0.5, 0.6) is 0 Å². The molecule has 2 aromatic rings. The fourth-order valence-electron chi connectivity index (χ4n) is 2.05. The van der Waals surface area contributed by atoms with Gasteiger partial charge in [-0.1, -0.05) is 18.2 Å². The van der Waals surface area contributed by atoms with Gasteiger partial charge in [-0.3, -0.25) is 9.59 Å². The lowest BCUT2D eigenvalue weighted by Gasteiger charge is -2.15. The molecule has 0 aliphatic rings. The Morgan fingerprint density at radius 1 is 1.22 bits per heavy atom. The van der Waals surface area contributed by atoms with Crippen LogP contribution >= 0.6 is 0 Å². The summed E-state index contributed by atoms with van der Waals surface area (Å²) in [6.45, 7) is 0. The number of hydrogen-bond donors (Lipinski definition) is 2. The van der Waals surface area contributed by atoms with Crippen molar-refractivity contribution in [1.29, 1.82) is 5.26 Å². The SMILES string of the molecule is N#Cc1ccc(C[C@H](NC(=O)c2cccc(F)c2)C(N)=O)cc1. The predicted octanol–water partition coefficient (Wildman–Crippen LogP) is 1.52. The zero-order chi connectivity index (χ0) is 16.8. The summed E-state index contributed by atoms with van der Waals surface area (Å²) in [6.07, 6.45) is 0.183. The van der Waals surface area contributed by atoms with Crippen LogP contribution in [-0.4, -0.2) is 17.9 Å². The second-order valence-corrected chi connectivity index (χ2v) is 4.95. The first-order valence-electron chi connectivity index (χ1n) is 6.84. The molecule has 0 aliphatic carbocycles. The molecular weight excluding hydrogens is 297 g/mol. The third-order valence-corrected chi connectivity index (χ3v) is 3.26. The molecule has 116 valence electrons. The maximum absolute atomic E-state index is 13.1. The number of nitrogens with zero attached hydrogens (tertiary/aromatic N) is 1. The van der Waals surface area contributed by atoms with E-state index in [2.05, 4.69) is 5.32 Å². The number of hydrogen-bond acceptors (Lipinski definition) is 3. The topological polar surface area (TPSA) is 96.0 Å². The van der Waals surface area contributed by atoms with E-state index in [1.54, 1.807) is 24.3 Å². The Hall–Kier alpha value is -3.20. The number of halogens is 1. The maximum Gasteiger partial charge on any atom is 0.252 e. The fraction of sp³-hybridized carbons (Fsp3) is 0.118. The third kappa shape index (κ3) is 4.38. The molecule has 0 unspecified atom stereocenters. The Morgan fingerprint density at radius 2 is 1.91 bits per heavy atom. The Kier molecular flexibility index (Phi) is 5.05. The molecule has 5 nitrogen and oxygen atoms in total. The van der Waals surface area contributed by atoms with Gasteiger partial charge >= 0.3 is 0 Å². The van der Waals surface area contributed by atoms with E-state index >= 15 is 0 Å². The van der Waals surface area contributed by atoms with Gasteiger partial charge in [-0.15, -0.1) is 0 Å². The lowest BCUT2D eigenvalue weighted by molar-refractivity contribution is -0.119. The molecule has 0 aliphatic heterocycles. The van der Waals surface area contributed by atoms with E-state index in [1.165, 1.54) is 18.2 Å². The van der Waals surface area contributed by atoms with Crippen LogP contribution in [0.2, 0.25) is 0 Å². The second kappa shape index (κ2) is 7.18. The second-order valence-electron chi connectivity index (χ2n) is 4.95. The van der Waals surface area contributed by atoms with Crippen molar-refractivity contribution >= 4 is 11.8 Å². The molecule has 2 aromatic carbocycles. The van der Waals surface area contributed by atoms with Gasteiger partial charge in [-0.25, -0.2) is 4.39 Å². The first kappa shape index (κ1) is 16.2. The maximum atomic E-state index is 13.1. The number of rotatable bonds is 5. The van der Waals surface area contributed by atoms with Crippen LogP contribution < -0.4 is 11.1 Å². The molecule has 3 N–H and O–H groups in total. The molecule has 0 saturated carbocycles. The molecule has 6 heteroatoms. The van der Waals surface area contributed by atoms with Gasteiger partial charge in [0.05, 0.1) is 11.6 Å². The number of nitriles is 1. The molecule has 0 saturated heterocycles. The summed E-state index contributed by atoms with van der Waals surface area (Å²) in [5.74, 6) is -1.82. The van der Waals surface area contributed by atoms with Gasteiger partial charge in [-0.2, -0.15) is 5.26 Å². The van der Waals surface area contributed by atoms with Crippen LogP contribution in [0.4, 0.5) is 4.39 Å². The smallest absolute Gasteiger partial charge is 0.252 e. The van der Waals surface area contributed by atoms with Crippen molar-refractivity contribution in [2.24, 2.45) is 5.73 Å². The van der Waals surface area contributed by atoms with E-state index in [0.717, 1.165) is 11.6 Å². The average molecular weight is 311 g/mol. The molecule has 23 heavy (non-hydrogen) atoms. The van der Waals surface area contributed by atoms with Crippen LogP contribution in [0.25, 0.3) is 0 Å². The quantitative estimate of drug-likeness (QED) is 0.876. The van der Waals surface area contributed by atoms with Crippen LogP contribution in [0.15, 0.2) is 48.5 Å². The van der Waals surface area contributed by atoms with E-state index in [-0.39, 0.29) is 12.0 Å². The first-order valence-corrected chi connectivity index (χ1v) is 6.84. The zero-order valence-electron chi connectivity index (χ0n) is 12.1. The van der Waals surface area contributed by atoms with Gasteiger partial charge in [0, 0.05) is 12.0 Å². The summed E-state index contributed by atoms with van der Waals surface area (Å²) in [5.41, 5.74) is 6.66. The number of benzene rings is 2. The lowest BCUT2D eigenvalue weighted by atomic mass is 10.0. The highest BCUT2D eigenvalue weighted by molar-refractivity contribution is 5.97. The Bertz CT molecular complexity index is 766. The van der Waals surface area contributed by atoms with Crippen molar-refractivity contribution in [3.63, 3.8) is 0 Å². The van der Waals surface area contributed by atoms with E-state index in [4.69, 9.17) is 11.0 Å². The van der Waals surface area contributed by atoms with Crippen molar-refractivity contribution < 1.29 is 14.0 Å². The van der Waals surface area contributed by atoms with E-state index in [0.29, 0.717) is 5.56 Å². The minimum atomic E-state index is -0.932. The van der Waals surface area contributed by atoms with Crippen molar-refractivity contribution in [3.05, 3.63) is 71.0 Å². The summed E-state index contributed by atoms with van der Waals surface area (Å²) in [7, 11) is 0. The van der Waals surface area contributed by atoms with Gasteiger partial charge in [0.2, 0.25) is 5.91 Å². The van der Waals surface area contributed by atoms with Crippen LogP contribution in [0.3, 0.4) is 0 Å². The molecule has 0 spiro atoms. The van der Waals surface area contributed by atoms with Gasteiger partial charge in [0.15, 0.2) is 0 Å². The summed E-state index contributed by atoms with van der Waals surface area (Å²) in [5, 5.41) is 11.2. The number of carbonyl (C=O) groups is 2. The fourth-order valence-corrected chi connectivity index (χ4v) is 2.05. The van der Waals surface area contributed by atoms with Gasteiger partial charge in [0.25, 0.3) is 5.91 Å². The molecule has 0 radical (unpaired) electrons. The Balaban J connectivity index is 2.10. The number of primary amides is 1. The van der Waals surface area contributed by atoms with Gasteiger partial charge in [0.1, 0.15) is 11.9 Å². The largest absolute Gasteiger partial charge is 0.368 e. The highest BCUT2D eigenvalue weighted by Gasteiger charge is 2.19. The van der Waals surface area contributed by atoms with Crippen LogP contribution in [0.1, 0.15) is 21.5 Å². The van der Waals surface area contributed by atoms with Crippen molar-refractivity contribution in [1.82, 2.24) is 5.32 Å². The predicted molar refractivity (Wildman–Crippen MR) is 81.7 cm³/mol. The minimum Gasteiger partial charge on any atom is -0.368 e. The summed E-state index contributed by atoms with van der Waals surface area (Å²) < 4.78 is 13.1. The summed E-state index contributed by atoms with van der Waals surface area (Å²) >= 11 is 0. The molecular formula is C17H14FN3O2. The van der Waals surface area contributed by atoms with Crippen LogP contribution in [0, 0.1) is 17.1 Å². The Morgan fingerprint density at radius 3 is 2.48 bits per heavy atom. The van der Waals surface area contributed by atoms with E-state index in [1.807, 2.05) is 6.07 Å². The Labute approximate surface area is 132 Å². The monoisotopic (exact) mass is 311 g/mol. The number of nitrogens with two attached hydrogens (primary N) is 1. The third-order valence-electron chi connectivity index (χ3n) is 3.26. The zero-order valence-corrected chi connectivity index (χ0v) is 12.1. The molecule has 0 aromatic heterocycles. The molecule has 0 bridgehead atoms. The lowest BCUT2D eigenvalue weighted by Crippen LogP contribution is -2.45. The molecule has 2 rings (SSSR count). The normalized spacial score (nSPS) is 11.3. The van der Waals surface area contributed by atoms with Gasteiger partial charge < -0.3 is 11.1 Å². The number of nitrogens with one attached hydrogen (secondary N) is 1. The summed E-state index contributed by atoms with van der Waals surface area (Å²) in [6, 6.07) is 12.8. The first-order chi connectivity index (χ1) is 11.0.